The van der Waals surface area contributed by atoms with Crippen LogP contribution in [0, 0.1) is 13.8 Å². The molecule has 0 radical (unpaired) electrons. The Balaban J connectivity index is 1.75. The molecule has 6 heteroatoms. The van der Waals surface area contributed by atoms with E-state index < -0.39 is 0 Å². The average molecular weight is 322 g/mol. The van der Waals surface area contributed by atoms with Crippen LogP contribution >= 0.6 is 0 Å². The van der Waals surface area contributed by atoms with Crippen LogP contribution < -0.4 is 10.6 Å². The van der Waals surface area contributed by atoms with E-state index in [0.717, 1.165) is 11.3 Å². The number of hydrogen-bond donors (Lipinski definition) is 2. The van der Waals surface area contributed by atoms with Gasteiger partial charge in [-0.3, -0.25) is 4.79 Å². The molecule has 1 amide bonds. The van der Waals surface area contributed by atoms with Gasteiger partial charge in [-0.1, -0.05) is 18.2 Å². The number of nitrogens with zero attached hydrogens (tertiary/aromatic N) is 2. The van der Waals surface area contributed by atoms with Gasteiger partial charge >= 0.3 is 0 Å². The standard InChI is InChI=1S/C18H18N4O2/c1-12-6-3-4-8-15(12)22-17-10-16(20-13(2)21-17)18(23)19-11-14-7-5-9-24-14/h3-10H,11H2,1-2H3,(H,19,23)(H,20,21,22). The van der Waals surface area contributed by atoms with Crippen molar-refractivity contribution in [3.63, 3.8) is 0 Å². The summed E-state index contributed by atoms with van der Waals surface area (Å²) in [6.07, 6.45) is 1.57. The van der Waals surface area contributed by atoms with Crippen molar-refractivity contribution in [1.82, 2.24) is 15.3 Å². The summed E-state index contributed by atoms with van der Waals surface area (Å²) < 4.78 is 5.20. The highest BCUT2D eigenvalue weighted by atomic mass is 16.3. The van der Waals surface area contributed by atoms with Crippen molar-refractivity contribution in [2.75, 3.05) is 5.32 Å². The normalized spacial score (nSPS) is 10.4. The number of para-hydroxylation sites is 1. The monoisotopic (exact) mass is 322 g/mol. The minimum atomic E-state index is -0.273. The van der Waals surface area contributed by atoms with Gasteiger partial charge in [0.15, 0.2) is 0 Å². The molecule has 0 aliphatic rings. The summed E-state index contributed by atoms with van der Waals surface area (Å²) in [5.74, 6) is 1.52. The molecular formula is C18H18N4O2. The highest BCUT2D eigenvalue weighted by molar-refractivity contribution is 5.93. The summed E-state index contributed by atoms with van der Waals surface area (Å²) in [6, 6.07) is 13.1. The highest BCUT2D eigenvalue weighted by Gasteiger charge is 2.11. The summed E-state index contributed by atoms with van der Waals surface area (Å²) in [6.45, 7) is 4.08. The number of rotatable bonds is 5. The lowest BCUT2D eigenvalue weighted by Crippen LogP contribution is -2.24. The Labute approximate surface area is 140 Å². The molecule has 0 aliphatic carbocycles. The average Bonchev–Trinajstić information content (AvgIpc) is 3.08. The fourth-order valence-electron chi connectivity index (χ4n) is 2.27. The van der Waals surface area contributed by atoms with Crippen molar-refractivity contribution in [2.24, 2.45) is 0 Å². The zero-order valence-corrected chi connectivity index (χ0v) is 13.5. The quantitative estimate of drug-likeness (QED) is 0.753. The first-order valence-corrected chi connectivity index (χ1v) is 7.61. The van der Waals surface area contributed by atoms with Crippen molar-refractivity contribution < 1.29 is 9.21 Å². The SMILES string of the molecule is Cc1nc(Nc2ccccc2C)cc(C(=O)NCc2ccco2)n1. The van der Waals surface area contributed by atoms with Gasteiger partial charge in [-0.05, 0) is 37.6 Å². The Morgan fingerprint density at radius 3 is 2.71 bits per heavy atom. The maximum absolute atomic E-state index is 12.3. The fraction of sp³-hybridized carbons (Fsp3) is 0.167. The molecule has 2 N–H and O–H groups in total. The molecule has 0 bridgehead atoms. The third kappa shape index (κ3) is 3.78. The lowest BCUT2D eigenvalue weighted by atomic mass is 10.2. The molecule has 2 heterocycles. The number of benzene rings is 1. The molecular weight excluding hydrogens is 304 g/mol. The van der Waals surface area contributed by atoms with Crippen molar-refractivity contribution in [2.45, 2.75) is 20.4 Å². The van der Waals surface area contributed by atoms with Crippen LogP contribution in [0.2, 0.25) is 0 Å². The van der Waals surface area contributed by atoms with E-state index in [-0.39, 0.29) is 5.91 Å². The van der Waals surface area contributed by atoms with Gasteiger partial charge < -0.3 is 15.1 Å². The van der Waals surface area contributed by atoms with Crippen LogP contribution in [0.4, 0.5) is 11.5 Å². The largest absolute Gasteiger partial charge is 0.467 e. The molecule has 1 aromatic carbocycles. The second-order valence-electron chi connectivity index (χ2n) is 5.39. The number of carbonyl (C=O) groups is 1. The van der Waals surface area contributed by atoms with Crippen LogP contribution in [0.3, 0.4) is 0 Å². The third-order valence-corrected chi connectivity index (χ3v) is 3.48. The van der Waals surface area contributed by atoms with Gasteiger partial charge in [0.05, 0.1) is 12.8 Å². The van der Waals surface area contributed by atoms with E-state index in [1.54, 1.807) is 31.4 Å². The number of furan rings is 1. The van der Waals surface area contributed by atoms with Gasteiger partial charge in [0.2, 0.25) is 0 Å². The van der Waals surface area contributed by atoms with Gasteiger partial charge in [0.25, 0.3) is 5.91 Å². The van der Waals surface area contributed by atoms with Gasteiger partial charge in [-0.25, -0.2) is 9.97 Å². The molecule has 3 aromatic rings. The summed E-state index contributed by atoms with van der Waals surface area (Å²) in [5, 5.41) is 6.01. The predicted molar refractivity (Wildman–Crippen MR) is 91.1 cm³/mol. The molecule has 0 spiro atoms. The van der Waals surface area contributed by atoms with Crippen molar-refractivity contribution in [3.8, 4) is 0 Å². The van der Waals surface area contributed by atoms with Crippen molar-refractivity contribution in [3.05, 3.63) is 71.6 Å². The summed E-state index contributed by atoms with van der Waals surface area (Å²) in [5.41, 5.74) is 2.35. The summed E-state index contributed by atoms with van der Waals surface area (Å²) in [4.78, 5) is 20.8. The highest BCUT2D eigenvalue weighted by Crippen LogP contribution is 2.19. The molecule has 0 saturated carbocycles. The lowest BCUT2D eigenvalue weighted by molar-refractivity contribution is 0.0942. The Morgan fingerprint density at radius 1 is 1.12 bits per heavy atom. The molecule has 24 heavy (non-hydrogen) atoms. The van der Waals surface area contributed by atoms with E-state index in [9.17, 15) is 4.79 Å². The lowest BCUT2D eigenvalue weighted by Gasteiger charge is -2.10. The van der Waals surface area contributed by atoms with Crippen LogP contribution in [-0.4, -0.2) is 15.9 Å². The number of anilines is 2. The zero-order valence-electron chi connectivity index (χ0n) is 13.5. The number of amides is 1. The van der Waals surface area contributed by atoms with Crippen LogP contribution in [0.5, 0.6) is 0 Å². The number of aryl methyl sites for hydroxylation is 2. The van der Waals surface area contributed by atoms with Crippen LogP contribution in [0.15, 0.2) is 53.1 Å². The van der Waals surface area contributed by atoms with E-state index in [0.29, 0.717) is 29.6 Å². The summed E-state index contributed by atoms with van der Waals surface area (Å²) in [7, 11) is 0. The van der Waals surface area contributed by atoms with Gasteiger partial charge in [0, 0.05) is 11.8 Å². The molecule has 2 aromatic heterocycles. The summed E-state index contributed by atoms with van der Waals surface area (Å²) >= 11 is 0. The maximum atomic E-state index is 12.3. The van der Waals surface area contributed by atoms with E-state index in [2.05, 4.69) is 20.6 Å². The van der Waals surface area contributed by atoms with E-state index in [4.69, 9.17) is 4.42 Å². The van der Waals surface area contributed by atoms with Crippen molar-refractivity contribution in [1.29, 1.82) is 0 Å². The van der Waals surface area contributed by atoms with Gasteiger partial charge in [-0.2, -0.15) is 0 Å². The maximum Gasteiger partial charge on any atom is 0.270 e. The van der Waals surface area contributed by atoms with Crippen molar-refractivity contribution >= 4 is 17.4 Å². The first kappa shape index (κ1) is 15.7. The number of carbonyl (C=O) groups excluding carboxylic acids is 1. The molecule has 0 saturated heterocycles. The molecule has 0 fully saturated rings. The fourth-order valence-corrected chi connectivity index (χ4v) is 2.27. The molecule has 6 nitrogen and oxygen atoms in total. The van der Waals surface area contributed by atoms with E-state index in [1.807, 2.05) is 31.2 Å². The number of aromatic nitrogens is 2. The van der Waals surface area contributed by atoms with Crippen LogP contribution in [0.1, 0.15) is 27.6 Å². The number of nitrogens with one attached hydrogen (secondary N) is 2. The number of hydrogen-bond acceptors (Lipinski definition) is 5. The second kappa shape index (κ2) is 6.95. The van der Waals surface area contributed by atoms with Gasteiger partial charge in [-0.15, -0.1) is 0 Å². The van der Waals surface area contributed by atoms with Crippen LogP contribution in [-0.2, 0) is 6.54 Å². The van der Waals surface area contributed by atoms with E-state index in [1.165, 1.54) is 0 Å². The minimum Gasteiger partial charge on any atom is -0.467 e. The zero-order chi connectivity index (χ0) is 16.9. The minimum absolute atomic E-state index is 0.273. The predicted octanol–water partition coefficient (Wildman–Crippen LogP) is 3.36. The molecule has 0 unspecified atom stereocenters. The first-order chi connectivity index (χ1) is 11.6. The molecule has 122 valence electrons. The molecule has 3 rings (SSSR count). The molecule has 0 atom stereocenters. The Bertz CT molecular complexity index is 844. The Kier molecular flexibility index (Phi) is 4.56. The Hall–Kier alpha value is -3.15. The van der Waals surface area contributed by atoms with Crippen LogP contribution in [0.25, 0.3) is 0 Å². The first-order valence-electron chi connectivity index (χ1n) is 7.61. The second-order valence-corrected chi connectivity index (χ2v) is 5.39. The smallest absolute Gasteiger partial charge is 0.270 e. The third-order valence-electron chi connectivity index (χ3n) is 3.48. The van der Waals surface area contributed by atoms with Gasteiger partial charge in [0.1, 0.15) is 23.1 Å². The Morgan fingerprint density at radius 2 is 1.96 bits per heavy atom. The van der Waals surface area contributed by atoms with E-state index >= 15 is 0 Å². The topological polar surface area (TPSA) is 80.0 Å². The molecule has 0 aliphatic heterocycles.